The van der Waals surface area contributed by atoms with Crippen LogP contribution in [0.4, 0.5) is 0 Å². The third-order valence-corrected chi connectivity index (χ3v) is 1.85. The molecule has 0 aromatic heterocycles. The van der Waals surface area contributed by atoms with E-state index in [-0.39, 0.29) is 12.2 Å². The van der Waals surface area contributed by atoms with Gasteiger partial charge in [0, 0.05) is 0 Å². The SMILES string of the molecule is CC1(C)O[C@H]2COC=C[C@H]2O1. The Morgan fingerprint density at radius 2 is 2.18 bits per heavy atom. The lowest BCUT2D eigenvalue weighted by atomic mass is 10.2. The Kier molecular flexibility index (Phi) is 1.44. The molecular weight excluding hydrogens is 144 g/mol. The molecule has 0 spiro atoms. The normalized spacial score (nSPS) is 39.8. The zero-order chi connectivity index (χ0) is 7.90. The van der Waals surface area contributed by atoms with Crippen LogP contribution in [0.3, 0.4) is 0 Å². The number of ether oxygens (including phenoxy) is 3. The maximum atomic E-state index is 5.56. The first-order valence-corrected chi connectivity index (χ1v) is 3.81. The Morgan fingerprint density at radius 3 is 2.91 bits per heavy atom. The molecule has 0 aromatic rings. The predicted octanol–water partition coefficient (Wildman–Crippen LogP) is 1.05. The first kappa shape index (κ1) is 7.13. The molecule has 2 atom stereocenters. The van der Waals surface area contributed by atoms with Crippen LogP contribution in [0, 0.1) is 0 Å². The minimum Gasteiger partial charge on any atom is -0.499 e. The van der Waals surface area contributed by atoms with Crippen LogP contribution in [0.25, 0.3) is 0 Å². The molecule has 3 heteroatoms. The molecule has 2 rings (SSSR count). The van der Waals surface area contributed by atoms with Crippen molar-refractivity contribution in [2.75, 3.05) is 6.61 Å². The minimum absolute atomic E-state index is 0.0787. The summed E-state index contributed by atoms with van der Waals surface area (Å²) in [5, 5.41) is 0. The van der Waals surface area contributed by atoms with Gasteiger partial charge in [0.25, 0.3) is 0 Å². The maximum absolute atomic E-state index is 5.56. The fourth-order valence-electron chi connectivity index (χ4n) is 1.44. The van der Waals surface area contributed by atoms with Gasteiger partial charge in [-0.05, 0) is 19.9 Å². The molecule has 1 fully saturated rings. The van der Waals surface area contributed by atoms with Gasteiger partial charge in [-0.3, -0.25) is 0 Å². The van der Waals surface area contributed by atoms with E-state index in [4.69, 9.17) is 14.2 Å². The summed E-state index contributed by atoms with van der Waals surface area (Å²) in [6.07, 6.45) is 3.73. The molecule has 0 amide bonds. The van der Waals surface area contributed by atoms with Gasteiger partial charge in [0.05, 0.1) is 6.26 Å². The molecule has 0 aromatic carbocycles. The van der Waals surface area contributed by atoms with E-state index in [9.17, 15) is 0 Å². The highest BCUT2D eigenvalue weighted by atomic mass is 16.8. The van der Waals surface area contributed by atoms with Crippen molar-refractivity contribution in [3.8, 4) is 0 Å². The van der Waals surface area contributed by atoms with E-state index in [2.05, 4.69) is 0 Å². The second-order valence-electron chi connectivity index (χ2n) is 3.30. The molecule has 1 saturated heterocycles. The van der Waals surface area contributed by atoms with Crippen molar-refractivity contribution in [2.45, 2.75) is 31.8 Å². The van der Waals surface area contributed by atoms with Gasteiger partial charge in [-0.2, -0.15) is 0 Å². The van der Waals surface area contributed by atoms with Crippen LogP contribution in [0.2, 0.25) is 0 Å². The number of hydrogen-bond acceptors (Lipinski definition) is 3. The van der Waals surface area contributed by atoms with Crippen LogP contribution < -0.4 is 0 Å². The lowest BCUT2D eigenvalue weighted by Crippen LogP contribution is -2.28. The second-order valence-corrected chi connectivity index (χ2v) is 3.30. The Balaban J connectivity index is 2.12. The van der Waals surface area contributed by atoms with Crippen LogP contribution in [0.5, 0.6) is 0 Å². The molecule has 2 heterocycles. The Hall–Kier alpha value is -0.540. The van der Waals surface area contributed by atoms with E-state index in [0.717, 1.165) is 0 Å². The average Bonchev–Trinajstić information content (AvgIpc) is 2.21. The monoisotopic (exact) mass is 156 g/mol. The van der Waals surface area contributed by atoms with Crippen molar-refractivity contribution in [2.24, 2.45) is 0 Å². The molecule has 2 aliphatic heterocycles. The second kappa shape index (κ2) is 2.22. The highest BCUT2D eigenvalue weighted by Gasteiger charge is 2.41. The smallest absolute Gasteiger partial charge is 0.164 e. The highest BCUT2D eigenvalue weighted by molar-refractivity contribution is 4.98. The van der Waals surface area contributed by atoms with Crippen LogP contribution in [0.1, 0.15) is 13.8 Å². The summed E-state index contributed by atoms with van der Waals surface area (Å²) in [7, 11) is 0. The Morgan fingerprint density at radius 1 is 1.36 bits per heavy atom. The summed E-state index contributed by atoms with van der Waals surface area (Å²) in [4.78, 5) is 0. The summed E-state index contributed by atoms with van der Waals surface area (Å²) in [6.45, 7) is 4.43. The number of rotatable bonds is 0. The van der Waals surface area contributed by atoms with E-state index in [1.165, 1.54) is 0 Å². The zero-order valence-corrected chi connectivity index (χ0v) is 6.74. The van der Waals surface area contributed by atoms with Crippen LogP contribution in [0.15, 0.2) is 12.3 Å². The van der Waals surface area contributed by atoms with Gasteiger partial charge in [-0.25, -0.2) is 0 Å². The van der Waals surface area contributed by atoms with E-state index >= 15 is 0 Å². The molecule has 2 aliphatic rings. The van der Waals surface area contributed by atoms with Crippen molar-refractivity contribution in [1.29, 1.82) is 0 Å². The lowest BCUT2D eigenvalue weighted by Gasteiger charge is -2.17. The summed E-state index contributed by atoms with van der Waals surface area (Å²) in [6, 6.07) is 0. The number of fused-ring (bicyclic) bond motifs is 1. The quantitative estimate of drug-likeness (QED) is 0.524. The van der Waals surface area contributed by atoms with Crippen LogP contribution in [-0.2, 0) is 14.2 Å². The summed E-state index contributed by atoms with van der Waals surface area (Å²) in [5.41, 5.74) is 0. The van der Waals surface area contributed by atoms with Crippen molar-refractivity contribution in [3.05, 3.63) is 12.3 Å². The fraction of sp³-hybridized carbons (Fsp3) is 0.750. The summed E-state index contributed by atoms with van der Waals surface area (Å²) < 4.78 is 16.2. The molecule has 62 valence electrons. The van der Waals surface area contributed by atoms with Crippen molar-refractivity contribution in [1.82, 2.24) is 0 Å². The molecule has 0 saturated carbocycles. The topological polar surface area (TPSA) is 27.7 Å². The van der Waals surface area contributed by atoms with E-state index in [1.54, 1.807) is 6.26 Å². The molecule has 11 heavy (non-hydrogen) atoms. The predicted molar refractivity (Wildman–Crippen MR) is 38.9 cm³/mol. The van der Waals surface area contributed by atoms with Crippen molar-refractivity contribution < 1.29 is 14.2 Å². The van der Waals surface area contributed by atoms with Gasteiger partial charge in [0.15, 0.2) is 5.79 Å². The standard InChI is InChI=1S/C8H12O3/c1-8(2)10-6-3-4-9-5-7(6)11-8/h3-4,6-7H,5H2,1-2H3/t6-,7+/m1/s1. The molecule has 0 unspecified atom stereocenters. The maximum Gasteiger partial charge on any atom is 0.164 e. The minimum atomic E-state index is -0.451. The summed E-state index contributed by atoms with van der Waals surface area (Å²) >= 11 is 0. The highest BCUT2D eigenvalue weighted by Crippen LogP contribution is 2.30. The van der Waals surface area contributed by atoms with Gasteiger partial charge in [0.1, 0.15) is 18.8 Å². The van der Waals surface area contributed by atoms with Gasteiger partial charge in [-0.1, -0.05) is 0 Å². The van der Waals surface area contributed by atoms with E-state index < -0.39 is 5.79 Å². The van der Waals surface area contributed by atoms with Gasteiger partial charge < -0.3 is 14.2 Å². The van der Waals surface area contributed by atoms with Crippen LogP contribution in [-0.4, -0.2) is 24.6 Å². The zero-order valence-electron chi connectivity index (χ0n) is 6.74. The first-order chi connectivity index (χ1) is 5.17. The lowest BCUT2D eigenvalue weighted by molar-refractivity contribution is -0.145. The summed E-state index contributed by atoms with van der Waals surface area (Å²) in [5.74, 6) is -0.451. The first-order valence-electron chi connectivity index (χ1n) is 3.81. The Bertz CT molecular complexity index is 186. The average molecular weight is 156 g/mol. The molecule has 0 aliphatic carbocycles. The van der Waals surface area contributed by atoms with Gasteiger partial charge in [-0.15, -0.1) is 0 Å². The fourth-order valence-corrected chi connectivity index (χ4v) is 1.44. The van der Waals surface area contributed by atoms with Crippen LogP contribution >= 0.6 is 0 Å². The van der Waals surface area contributed by atoms with Gasteiger partial charge in [0.2, 0.25) is 0 Å². The van der Waals surface area contributed by atoms with Crippen molar-refractivity contribution in [3.63, 3.8) is 0 Å². The molecule has 0 N–H and O–H groups in total. The third-order valence-electron chi connectivity index (χ3n) is 1.85. The number of hydrogen-bond donors (Lipinski definition) is 0. The van der Waals surface area contributed by atoms with E-state index in [0.29, 0.717) is 6.61 Å². The largest absolute Gasteiger partial charge is 0.499 e. The Labute approximate surface area is 65.9 Å². The molecule has 0 bridgehead atoms. The van der Waals surface area contributed by atoms with Gasteiger partial charge >= 0.3 is 0 Å². The molecular formula is C8H12O3. The third kappa shape index (κ3) is 1.26. The molecule has 3 nitrogen and oxygen atoms in total. The molecule has 0 radical (unpaired) electrons. The van der Waals surface area contributed by atoms with E-state index in [1.807, 2.05) is 19.9 Å². The van der Waals surface area contributed by atoms with Crippen molar-refractivity contribution >= 4 is 0 Å².